The molecule has 1 aromatic carbocycles. The van der Waals surface area contributed by atoms with Crippen LogP contribution < -0.4 is 5.32 Å². The van der Waals surface area contributed by atoms with Crippen LogP contribution in [0.25, 0.3) is 0 Å². The molecule has 0 unspecified atom stereocenters. The lowest BCUT2D eigenvalue weighted by Gasteiger charge is -2.39. The highest BCUT2D eigenvalue weighted by molar-refractivity contribution is 6.74. The summed E-state index contributed by atoms with van der Waals surface area (Å²) < 4.78 is 6.47. The number of hydrogen-bond donors (Lipinski definition) is 1. The first kappa shape index (κ1) is 21.7. The Labute approximate surface area is 163 Å². The maximum atomic E-state index is 6.47. The van der Waals surface area contributed by atoms with Crippen molar-refractivity contribution in [2.75, 3.05) is 6.61 Å². The molecule has 1 fully saturated rings. The van der Waals surface area contributed by atoms with Gasteiger partial charge >= 0.3 is 0 Å². The number of rotatable bonds is 7. The van der Waals surface area contributed by atoms with E-state index in [0.29, 0.717) is 17.1 Å². The standard InChI is InChI=1S/C23H41NOSi/c1-18(21-11-9-8-10-12-21)24-19(2)22-15-13-20(14-16-22)17-25-26(6,7)23(3,4)5/h8-12,18-20,22,24H,13-17H2,1-7H3/t18-,19-,20?,22?/m0/s1. The highest BCUT2D eigenvalue weighted by Crippen LogP contribution is 2.38. The third-order valence-corrected chi connectivity index (χ3v) is 11.4. The molecule has 0 amide bonds. The van der Waals surface area contributed by atoms with Gasteiger partial charge in [-0.05, 0) is 75.1 Å². The quantitative estimate of drug-likeness (QED) is 0.545. The minimum Gasteiger partial charge on any atom is -0.417 e. The molecule has 3 heteroatoms. The Hall–Kier alpha value is -0.643. The van der Waals surface area contributed by atoms with E-state index in [1.807, 2.05) is 0 Å². The zero-order valence-corrected chi connectivity index (χ0v) is 19.1. The van der Waals surface area contributed by atoms with Crippen molar-refractivity contribution >= 4 is 8.32 Å². The molecular weight excluding hydrogens is 334 g/mol. The highest BCUT2D eigenvalue weighted by Gasteiger charge is 2.38. The smallest absolute Gasteiger partial charge is 0.191 e. The van der Waals surface area contributed by atoms with Gasteiger partial charge in [-0.2, -0.15) is 0 Å². The van der Waals surface area contributed by atoms with Gasteiger partial charge in [0.25, 0.3) is 0 Å². The molecular formula is C23H41NOSi. The summed E-state index contributed by atoms with van der Waals surface area (Å²) in [6.45, 7) is 17.4. The fourth-order valence-electron chi connectivity index (χ4n) is 3.77. The van der Waals surface area contributed by atoms with E-state index in [0.717, 1.165) is 18.4 Å². The molecule has 1 saturated carbocycles. The first-order valence-corrected chi connectivity index (χ1v) is 13.5. The van der Waals surface area contributed by atoms with Gasteiger partial charge in [0.05, 0.1) is 0 Å². The lowest BCUT2D eigenvalue weighted by Crippen LogP contribution is -2.42. The Morgan fingerprint density at radius 2 is 1.62 bits per heavy atom. The van der Waals surface area contributed by atoms with Crippen LogP contribution >= 0.6 is 0 Å². The van der Waals surface area contributed by atoms with Crippen LogP contribution in [0, 0.1) is 11.8 Å². The second-order valence-electron chi connectivity index (χ2n) is 9.94. The number of benzene rings is 1. The summed E-state index contributed by atoms with van der Waals surface area (Å²) in [4.78, 5) is 0. The predicted molar refractivity (Wildman–Crippen MR) is 116 cm³/mol. The topological polar surface area (TPSA) is 21.3 Å². The summed E-state index contributed by atoms with van der Waals surface area (Å²) >= 11 is 0. The Bertz CT molecular complexity index is 529. The molecule has 1 aliphatic rings. The van der Waals surface area contributed by atoms with Gasteiger partial charge < -0.3 is 9.74 Å². The molecule has 0 aromatic heterocycles. The van der Waals surface area contributed by atoms with Crippen LogP contribution in [0.4, 0.5) is 0 Å². The van der Waals surface area contributed by atoms with Gasteiger partial charge in [0.2, 0.25) is 0 Å². The summed E-state index contributed by atoms with van der Waals surface area (Å²) in [5.41, 5.74) is 1.39. The number of hydrogen-bond acceptors (Lipinski definition) is 2. The molecule has 2 rings (SSSR count). The monoisotopic (exact) mass is 375 g/mol. The zero-order valence-electron chi connectivity index (χ0n) is 18.1. The summed E-state index contributed by atoms with van der Waals surface area (Å²) in [6.07, 6.45) is 5.32. The van der Waals surface area contributed by atoms with Crippen LogP contribution in [-0.4, -0.2) is 21.0 Å². The average molecular weight is 376 g/mol. The van der Waals surface area contributed by atoms with E-state index in [1.165, 1.54) is 31.2 Å². The second-order valence-corrected chi connectivity index (χ2v) is 14.7. The van der Waals surface area contributed by atoms with E-state index in [9.17, 15) is 0 Å². The normalized spacial score (nSPS) is 24.3. The average Bonchev–Trinajstić information content (AvgIpc) is 2.60. The first-order chi connectivity index (χ1) is 12.1. The molecule has 0 heterocycles. The van der Waals surface area contributed by atoms with Crippen LogP contribution in [-0.2, 0) is 4.43 Å². The zero-order chi connectivity index (χ0) is 19.4. The highest BCUT2D eigenvalue weighted by atomic mass is 28.4. The summed E-state index contributed by atoms with van der Waals surface area (Å²) in [7, 11) is -1.60. The third-order valence-electron chi connectivity index (χ3n) is 6.90. The molecule has 148 valence electrons. The lowest BCUT2D eigenvalue weighted by molar-refractivity contribution is 0.155. The van der Waals surface area contributed by atoms with Gasteiger partial charge in [-0.1, -0.05) is 51.1 Å². The molecule has 0 saturated heterocycles. The lowest BCUT2D eigenvalue weighted by atomic mass is 9.79. The van der Waals surface area contributed by atoms with Crippen molar-refractivity contribution < 1.29 is 4.43 Å². The van der Waals surface area contributed by atoms with Crippen molar-refractivity contribution in [2.24, 2.45) is 11.8 Å². The van der Waals surface area contributed by atoms with Gasteiger partial charge in [0.1, 0.15) is 0 Å². The number of nitrogens with one attached hydrogen (secondary N) is 1. The van der Waals surface area contributed by atoms with Crippen molar-refractivity contribution in [3.63, 3.8) is 0 Å². The van der Waals surface area contributed by atoms with Crippen molar-refractivity contribution in [2.45, 2.75) is 90.5 Å². The maximum absolute atomic E-state index is 6.47. The Balaban J connectivity index is 1.75. The van der Waals surface area contributed by atoms with Gasteiger partial charge in [-0.25, -0.2) is 0 Å². The van der Waals surface area contributed by atoms with E-state index in [-0.39, 0.29) is 0 Å². The fourth-order valence-corrected chi connectivity index (χ4v) is 4.85. The molecule has 26 heavy (non-hydrogen) atoms. The molecule has 0 radical (unpaired) electrons. The third kappa shape index (κ3) is 5.93. The fraction of sp³-hybridized carbons (Fsp3) is 0.739. The maximum Gasteiger partial charge on any atom is 0.191 e. The van der Waals surface area contributed by atoms with Crippen LogP contribution in [0.1, 0.15) is 71.9 Å². The van der Waals surface area contributed by atoms with Crippen molar-refractivity contribution in [3.05, 3.63) is 35.9 Å². The van der Waals surface area contributed by atoms with Crippen LogP contribution in [0.2, 0.25) is 18.1 Å². The molecule has 2 nitrogen and oxygen atoms in total. The minimum absolute atomic E-state index is 0.316. The van der Waals surface area contributed by atoms with Crippen molar-refractivity contribution in [1.29, 1.82) is 0 Å². The van der Waals surface area contributed by atoms with E-state index in [4.69, 9.17) is 4.43 Å². The Morgan fingerprint density at radius 1 is 1.04 bits per heavy atom. The summed E-state index contributed by atoms with van der Waals surface area (Å²) in [6, 6.07) is 11.8. The van der Waals surface area contributed by atoms with Gasteiger partial charge in [-0.3, -0.25) is 0 Å². The molecule has 1 aromatic rings. The van der Waals surface area contributed by atoms with Crippen LogP contribution in [0.5, 0.6) is 0 Å². The largest absolute Gasteiger partial charge is 0.417 e. The van der Waals surface area contributed by atoms with Gasteiger partial charge in [0, 0.05) is 18.7 Å². The predicted octanol–water partition coefficient (Wildman–Crippen LogP) is 6.55. The Kier molecular flexibility index (Phi) is 7.52. The van der Waals surface area contributed by atoms with E-state index >= 15 is 0 Å². The minimum atomic E-state index is -1.60. The first-order valence-electron chi connectivity index (χ1n) is 10.5. The molecule has 0 bridgehead atoms. The summed E-state index contributed by atoms with van der Waals surface area (Å²) in [5, 5.41) is 4.15. The molecule has 0 spiro atoms. The van der Waals surface area contributed by atoms with E-state index < -0.39 is 8.32 Å². The van der Waals surface area contributed by atoms with Gasteiger partial charge in [-0.15, -0.1) is 0 Å². The van der Waals surface area contributed by atoms with Crippen molar-refractivity contribution in [1.82, 2.24) is 5.32 Å². The molecule has 2 atom stereocenters. The second kappa shape index (κ2) is 9.03. The van der Waals surface area contributed by atoms with Crippen molar-refractivity contribution in [3.8, 4) is 0 Å². The van der Waals surface area contributed by atoms with Crippen LogP contribution in [0.15, 0.2) is 30.3 Å². The molecule has 1 N–H and O–H groups in total. The Morgan fingerprint density at radius 3 is 2.15 bits per heavy atom. The van der Waals surface area contributed by atoms with Crippen LogP contribution in [0.3, 0.4) is 0 Å². The van der Waals surface area contributed by atoms with Gasteiger partial charge in [0.15, 0.2) is 8.32 Å². The van der Waals surface area contributed by atoms with E-state index in [1.54, 1.807) is 0 Å². The SMILES string of the molecule is C[C@H](N[C@@H](C)C1CCC(CO[Si](C)(C)C(C)(C)C)CC1)c1ccccc1. The molecule has 0 aliphatic heterocycles. The molecule has 1 aliphatic carbocycles. The summed E-state index contributed by atoms with van der Waals surface area (Å²) in [5.74, 6) is 1.56. The van der Waals surface area contributed by atoms with E-state index in [2.05, 4.69) is 83.4 Å².